The number of aromatic amines is 3. The monoisotopic (exact) mass is 1590 g/mol. The SMILES string of the molecule is CC(CN(C)C)n1c2cc(=O)ccc2c2cc[nH]c(C(F)(F)F)c21.COc1ccc2c3cc(F)nc(C)c3n(CC(C)N(C)C)c2c1.COc1ccc2c3ccnc(C(F)(F)F)c3n(C(C)CN(C)C)c2c1.Cc1[nH]c(F)cc2c3ccc(=O)cc3n(C(C)CN(C)C)c12.Cc1[nH]ccc2c3ccc(=O)cc3n(C(C)CN(C)C)c12. The fraction of sp³-hybridized carbons (Fsp3) is 0.368. The van der Waals surface area contributed by atoms with Crippen molar-refractivity contribution in [2.75, 3.05) is 111 Å². The van der Waals surface area contributed by atoms with E-state index >= 15 is 0 Å². The van der Waals surface area contributed by atoms with Gasteiger partial charge in [-0.2, -0.15) is 35.1 Å². The molecule has 115 heavy (non-hydrogen) atoms. The molecular weight excluding hydrogens is 1490 g/mol. The van der Waals surface area contributed by atoms with Gasteiger partial charge in [0.05, 0.1) is 75.1 Å². The van der Waals surface area contributed by atoms with E-state index in [2.05, 4.69) is 115 Å². The van der Waals surface area contributed by atoms with Gasteiger partial charge in [-0.1, -0.05) is 0 Å². The number of hydrogen-bond acceptors (Lipinski definition) is 12. The smallest absolute Gasteiger partial charge is 0.435 e. The first-order chi connectivity index (χ1) is 54.2. The molecule has 28 heteroatoms. The summed E-state index contributed by atoms with van der Waals surface area (Å²) in [5.74, 6) is 0.598. The molecule has 10 heterocycles. The van der Waals surface area contributed by atoms with Crippen LogP contribution < -0.4 is 25.8 Å². The van der Waals surface area contributed by atoms with Crippen LogP contribution in [-0.4, -0.2) is 189 Å². The average Bonchev–Trinajstić information content (AvgIpc) is 1.63. The number of alkyl halides is 6. The molecule has 5 unspecified atom stereocenters. The average molecular weight is 1590 g/mol. The lowest BCUT2D eigenvalue weighted by molar-refractivity contribution is -0.140. The molecule has 0 saturated carbocycles. The molecule has 0 bridgehead atoms. The van der Waals surface area contributed by atoms with Gasteiger partial charge in [-0.15, -0.1) is 0 Å². The molecule has 5 atom stereocenters. The second-order valence-corrected chi connectivity index (χ2v) is 31.1. The van der Waals surface area contributed by atoms with Gasteiger partial charge in [-0.25, -0.2) is 9.97 Å². The van der Waals surface area contributed by atoms with Crippen LogP contribution in [0.15, 0.2) is 154 Å². The zero-order valence-corrected chi connectivity index (χ0v) is 68.6. The Labute approximate surface area is 660 Å². The zero-order valence-electron chi connectivity index (χ0n) is 68.6. The second-order valence-electron chi connectivity index (χ2n) is 31.1. The van der Waals surface area contributed by atoms with Gasteiger partial charge in [0.15, 0.2) is 27.9 Å². The summed E-state index contributed by atoms with van der Waals surface area (Å²) in [6.45, 7) is 19.7. The quantitative estimate of drug-likeness (QED) is 0.0580. The minimum atomic E-state index is -4.52. The first-order valence-electron chi connectivity index (χ1n) is 37.8. The van der Waals surface area contributed by atoms with Crippen LogP contribution in [0.1, 0.15) is 87.3 Å². The highest BCUT2D eigenvalue weighted by Crippen LogP contribution is 2.43. The number of likely N-dealkylation sites (N-methyl/N-ethyl adjacent to an activating group) is 5. The second kappa shape index (κ2) is 34.3. The Bertz CT molecular complexity index is 6250. The summed E-state index contributed by atoms with van der Waals surface area (Å²) >= 11 is 0. The Hall–Kier alpha value is -10.9. The summed E-state index contributed by atoms with van der Waals surface area (Å²) in [6.07, 6.45) is -4.56. The zero-order chi connectivity index (χ0) is 83.9. The fourth-order valence-corrected chi connectivity index (χ4v) is 16.2. The molecule has 0 amide bonds. The molecule has 0 fully saturated rings. The summed E-state index contributed by atoms with van der Waals surface area (Å²) in [5.41, 5.74) is 8.25. The van der Waals surface area contributed by atoms with Crippen LogP contribution in [0.2, 0.25) is 0 Å². The Balaban J connectivity index is 0.000000142. The van der Waals surface area contributed by atoms with E-state index in [-0.39, 0.29) is 57.4 Å². The van der Waals surface area contributed by atoms with Crippen molar-refractivity contribution in [3.63, 3.8) is 0 Å². The van der Waals surface area contributed by atoms with Crippen molar-refractivity contribution in [1.82, 2.24) is 72.3 Å². The number of ether oxygens (including phenoxy) is 2. The number of methoxy groups -OCH3 is 2. The molecule has 0 saturated heterocycles. The van der Waals surface area contributed by atoms with E-state index in [0.29, 0.717) is 57.8 Å². The van der Waals surface area contributed by atoms with Crippen LogP contribution in [0.3, 0.4) is 0 Å². The van der Waals surface area contributed by atoms with Crippen LogP contribution in [0.5, 0.6) is 11.5 Å². The van der Waals surface area contributed by atoms with Crippen LogP contribution in [0.4, 0.5) is 35.1 Å². The highest BCUT2D eigenvalue weighted by Gasteiger charge is 2.39. The number of rotatable bonds is 17. The van der Waals surface area contributed by atoms with Gasteiger partial charge in [0.1, 0.15) is 17.2 Å². The maximum Gasteiger partial charge on any atom is 0.435 e. The molecule has 5 aromatic carbocycles. The van der Waals surface area contributed by atoms with Crippen LogP contribution >= 0.6 is 0 Å². The molecule has 0 aliphatic heterocycles. The number of benzene rings is 5. The number of nitrogens with zero attached hydrogens (tertiary/aromatic N) is 12. The Morgan fingerprint density at radius 1 is 0.426 bits per heavy atom. The summed E-state index contributed by atoms with van der Waals surface area (Å²) in [6, 6.07) is 34.7. The number of nitrogens with one attached hydrogen (secondary N) is 3. The molecule has 610 valence electrons. The molecule has 0 aliphatic rings. The van der Waals surface area contributed by atoms with Crippen molar-refractivity contribution in [2.45, 2.75) is 104 Å². The Morgan fingerprint density at radius 3 is 1.27 bits per heavy atom. The van der Waals surface area contributed by atoms with Crippen LogP contribution in [-0.2, 0) is 18.9 Å². The Kier molecular flexibility index (Phi) is 25.3. The lowest BCUT2D eigenvalue weighted by atomic mass is 10.1. The highest BCUT2D eigenvalue weighted by atomic mass is 19.4. The molecule has 10 aromatic heterocycles. The van der Waals surface area contributed by atoms with E-state index in [1.807, 2.05) is 110 Å². The summed E-state index contributed by atoms with van der Waals surface area (Å²) in [7, 11) is 23.0. The van der Waals surface area contributed by atoms with Gasteiger partial charge in [0.2, 0.25) is 5.95 Å². The number of H-pyrrole nitrogens is 3. The van der Waals surface area contributed by atoms with E-state index in [1.54, 1.807) is 84.0 Å². The number of pyridine rings is 5. The molecular formula is C87H101F8N15O5. The van der Waals surface area contributed by atoms with Gasteiger partial charge in [0.25, 0.3) is 0 Å². The number of halogens is 8. The van der Waals surface area contributed by atoms with Crippen LogP contribution in [0.25, 0.3) is 109 Å². The number of hydrogen-bond donors (Lipinski definition) is 3. The van der Waals surface area contributed by atoms with Crippen molar-refractivity contribution < 1.29 is 44.6 Å². The maximum absolute atomic E-state index is 13.8. The summed E-state index contributed by atoms with van der Waals surface area (Å²) < 4.78 is 130. The molecule has 0 aliphatic carbocycles. The molecule has 0 radical (unpaired) electrons. The van der Waals surface area contributed by atoms with E-state index in [0.717, 1.165) is 96.7 Å². The number of fused-ring (bicyclic) bond motifs is 15. The van der Waals surface area contributed by atoms with Crippen molar-refractivity contribution in [3.8, 4) is 11.5 Å². The van der Waals surface area contributed by atoms with Gasteiger partial charge in [0, 0.05) is 189 Å². The lowest BCUT2D eigenvalue weighted by Gasteiger charge is -2.22. The third kappa shape index (κ3) is 17.7. The molecule has 20 nitrogen and oxygen atoms in total. The first kappa shape index (κ1) is 85.0. The van der Waals surface area contributed by atoms with Gasteiger partial charge < -0.3 is 71.8 Å². The lowest BCUT2D eigenvalue weighted by Crippen LogP contribution is -2.29. The minimum absolute atomic E-state index is 0.0317. The van der Waals surface area contributed by atoms with Gasteiger partial charge in [-0.05, 0) is 205 Å². The van der Waals surface area contributed by atoms with Crippen molar-refractivity contribution >= 4 is 109 Å². The number of aryl methyl sites for hydroxylation is 3. The van der Waals surface area contributed by atoms with Gasteiger partial charge in [-0.3, -0.25) is 14.4 Å². The molecule has 3 N–H and O–H groups in total. The van der Waals surface area contributed by atoms with Crippen molar-refractivity contribution in [1.29, 1.82) is 0 Å². The fourth-order valence-electron chi connectivity index (χ4n) is 16.2. The van der Waals surface area contributed by atoms with Crippen LogP contribution in [0, 0.1) is 32.7 Å². The molecule has 15 aromatic rings. The third-order valence-electron chi connectivity index (χ3n) is 20.9. The summed E-state index contributed by atoms with van der Waals surface area (Å²) in [4.78, 5) is 61.8. The molecule has 15 rings (SSSR count). The van der Waals surface area contributed by atoms with E-state index < -0.39 is 29.7 Å². The first-order valence-corrected chi connectivity index (χ1v) is 37.8. The highest BCUT2D eigenvalue weighted by molar-refractivity contribution is 6.13. The van der Waals surface area contributed by atoms with E-state index in [4.69, 9.17) is 9.47 Å². The predicted molar refractivity (Wildman–Crippen MR) is 448 cm³/mol. The topological polar surface area (TPSA) is 184 Å². The standard InChI is InChI=1S/C18H20F3N3O.C18H22FN3O.C17H18F3N3O.C17H20FN3O.C17H21N3O/c1-11(10-23(2)3)24-15-9-12(25-4)5-6-13(15)14-7-8-22-17(16(14)24)18(19,20)21;1-11(21(3)4)10-22-16-8-13(23-5)6-7-14(16)15-9-17(19)20-12(2)18(15)22;1-10(9-22(2)3)23-14-8-11(24)4-5-12(14)13-6-7-21-16(15(13)23)17(18,19)20;1-10(9-20(3)4)21-15-7-12(22)5-6-13(15)14-8-16(18)19-11(2)17(14)21;1-11(10-19(3)4)20-16-9-13(21)5-6-14(16)15-7-8-18-12(2)17(15)20/h5-9,11H,10H2,1-4H3;6-9,11H,10H2,1-5H3;4-8,10,21H,9H2,1-3H3;5-8,10,19H,9H2,1-4H3;5-9,11,18H,10H2,1-4H3. The Morgan fingerprint density at radius 2 is 0.817 bits per heavy atom. The maximum atomic E-state index is 13.8. The van der Waals surface area contributed by atoms with Crippen molar-refractivity contribution in [3.05, 3.63) is 211 Å². The largest absolute Gasteiger partial charge is 0.497 e. The molecule has 0 spiro atoms. The number of aromatic nitrogens is 10. The summed E-state index contributed by atoms with van der Waals surface area (Å²) in [5, 5.41) is 8.47. The van der Waals surface area contributed by atoms with E-state index in [1.165, 1.54) is 53.6 Å². The van der Waals surface area contributed by atoms with Crippen molar-refractivity contribution in [2.24, 2.45) is 0 Å². The predicted octanol–water partition coefficient (Wildman–Crippen LogP) is 17.5. The van der Waals surface area contributed by atoms with Gasteiger partial charge >= 0.3 is 12.4 Å². The minimum Gasteiger partial charge on any atom is -0.497 e. The normalized spacial score (nSPS) is 13.5. The third-order valence-corrected chi connectivity index (χ3v) is 20.9. The van der Waals surface area contributed by atoms with E-state index in [9.17, 15) is 49.5 Å².